The van der Waals surface area contributed by atoms with Gasteiger partial charge in [-0.05, 0) is 79.2 Å². The first-order chi connectivity index (χ1) is 22.6. The number of aryl methyl sites for hydroxylation is 1. The first kappa shape index (κ1) is 31.2. The van der Waals surface area contributed by atoms with Crippen molar-refractivity contribution in [3.05, 3.63) is 135 Å². The van der Waals surface area contributed by atoms with Gasteiger partial charge in [0.05, 0.1) is 32.6 Å². The second-order valence-corrected chi connectivity index (χ2v) is 16.7. The van der Waals surface area contributed by atoms with Crippen molar-refractivity contribution in [2.75, 3.05) is 57.7 Å². The van der Waals surface area contributed by atoms with E-state index in [2.05, 4.69) is 119 Å². The Labute approximate surface area is 279 Å². The summed E-state index contributed by atoms with van der Waals surface area (Å²) in [6.45, 7) is 8.68. The highest BCUT2D eigenvalue weighted by Crippen LogP contribution is 2.69. The Kier molecular flexibility index (Phi) is 9.60. The molecule has 3 aromatic carbocycles. The number of ether oxygens (including phenoxy) is 2. The van der Waals surface area contributed by atoms with Gasteiger partial charge >= 0.3 is 0 Å². The van der Waals surface area contributed by atoms with E-state index in [0.717, 1.165) is 84.0 Å². The number of morpholine rings is 2. The summed E-state index contributed by atoms with van der Waals surface area (Å²) >= 11 is 7.18. The van der Waals surface area contributed by atoms with Gasteiger partial charge in [-0.25, -0.2) is 0 Å². The maximum Gasteiger partial charge on any atom is 0.0866 e. The number of rotatable bonds is 8. The van der Waals surface area contributed by atoms with Crippen molar-refractivity contribution in [1.29, 1.82) is 0 Å². The lowest BCUT2D eigenvalue weighted by molar-refractivity contribution is 0.0548. The lowest BCUT2D eigenvalue weighted by Crippen LogP contribution is -2.36. The molecule has 7 rings (SSSR count). The quantitative estimate of drug-likeness (QED) is 0.246. The lowest BCUT2D eigenvalue weighted by Gasteiger charge is -2.37. The van der Waals surface area contributed by atoms with Crippen molar-refractivity contribution >= 4 is 35.8 Å². The van der Waals surface area contributed by atoms with Crippen molar-refractivity contribution in [2.24, 2.45) is 0 Å². The van der Waals surface area contributed by atoms with Crippen LogP contribution >= 0.6 is 6.19 Å². The maximum atomic E-state index is 7.18. The fourth-order valence-corrected chi connectivity index (χ4v) is 11.7. The molecule has 1 N–H and O–H groups in total. The minimum atomic E-state index is -2.49. The van der Waals surface area contributed by atoms with Crippen molar-refractivity contribution < 1.29 is 9.47 Å². The summed E-state index contributed by atoms with van der Waals surface area (Å²) in [7, 11) is 0. The molecule has 4 aliphatic rings. The average Bonchev–Trinajstić information content (AvgIpc) is 3.73. The predicted octanol–water partition coefficient (Wildman–Crippen LogP) is 8.64. The zero-order valence-corrected chi connectivity index (χ0v) is 28.5. The van der Waals surface area contributed by atoms with Crippen LogP contribution < -0.4 is 5.09 Å². The van der Waals surface area contributed by atoms with Gasteiger partial charge in [-0.15, -0.1) is 0 Å². The molecule has 0 amide bonds. The van der Waals surface area contributed by atoms with Crippen LogP contribution in [0.15, 0.2) is 118 Å². The Morgan fingerprint density at radius 1 is 0.609 bits per heavy atom. The maximum absolute atomic E-state index is 7.18. The van der Waals surface area contributed by atoms with Gasteiger partial charge in [0, 0.05) is 53.9 Å². The summed E-state index contributed by atoms with van der Waals surface area (Å²) in [5.41, 5.74) is 10.4. The molecule has 3 aromatic rings. The van der Waals surface area contributed by atoms with Crippen molar-refractivity contribution in [2.45, 2.75) is 32.6 Å². The second kappa shape index (κ2) is 14.1. The van der Waals surface area contributed by atoms with E-state index in [4.69, 9.17) is 21.3 Å². The monoisotopic (exact) mass is 649 g/mol. The lowest BCUT2D eigenvalue weighted by atomic mass is 10.1. The van der Waals surface area contributed by atoms with E-state index in [1.165, 1.54) is 49.9 Å². The predicted molar refractivity (Wildman–Crippen MR) is 195 cm³/mol. The van der Waals surface area contributed by atoms with Crippen LogP contribution in [0, 0.1) is 6.92 Å². The third-order valence-corrected chi connectivity index (χ3v) is 14.0. The van der Waals surface area contributed by atoms with Crippen molar-refractivity contribution in [1.82, 2.24) is 9.80 Å². The van der Waals surface area contributed by atoms with Gasteiger partial charge in [0.1, 0.15) is 0 Å². The molecule has 2 heterocycles. The second-order valence-electron chi connectivity index (χ2n) is 12.5. The minimum absolute atomic E-state index is 0.745. The summed E-state index contributed by atoms with van der Waals surface area (Å²) in [5, 5.41) is 6.96. The van der Waals surface area contributed by atoms with Gasteiger partial charge < -0.3 is 24.4 Å². The van der Waals surface area contributed by atoms with E-state index in [1.54, 1.807) is 0 Å². The van der Waals surface area contributed by atoms with Crippen LogP contribution in [-0.2, 0) is 21.3 Å². The molecule has 0 aromatic heterocycles. The molecule has 0 saturated carbocycles. The largest absolute Gasteiger partial charge is 0.378 e. The van der Waals surface area contributed by atoms with Crippen LogP contribution in [0.1, 0.15) is 42.4 Å². The van der Waals surface area contributed by atoms with Crippen LogP contribution in [0.5, 0.6) is 0 Å². The van der Waals surface area contributed by atoms with Crippen LogP contribution in [0.25, 0.3) is 12.2 Å². The zero-order valence-electron chi connectivity index (χ0n) is 26.8. The summed E-state index contributed by atoms with van der Waals surface area (Å²) in [5.74, 6) is 0. The van der Waals surface area contributed by atoms with E-state index in [-0.39, 0.29) is 0 Å². The van der Waals surface area contributed by atoms with E-state index in [9.17, 15) is 0 Å². The Balaban J connectivity index is 1.44. The smallest absolute Gasteiger partial charge is 0.0866 e. The highest BCUT2D eigenvalue weighted by molar-refractivity contribution is 8.19. The summed E-state index contributed by atoms with van der Waals surface area (Å²) in [4.78, 5) is 5.15. The standard InChI is InChI=1S/C39H44N3O2PS/c1-30-12-16-35(17-13-30)40-45(46,36-18-14-33(28-31-8-4-2-5-9-31)38(36)41-20-24-43-25-21-41)37-19-15-34(29-32-10-6-3-7-11-32)39(37)42-22-26-44-27-23-42/h2-13,16-17,28-29H,14-15,18-27H2,1H3,(H,40,46). The van der Waals surface area contributed by atoms with E-state index < -0.39 is 6.19 Å². The third-order valence-electron chi connectivity index (χ3n) is 9.45. The molecule has 238 valence electrons. The van der Waals surface area contributed by atoms with E-state index >= 15 is 0 Å². The van der Waals surface area contributed by atoms with Crippen LogP contribution in [0.4, 0.5) is 5.69 Å². The molecule has 0 atom stereocenters. The molecule has 2 saturated heterocycles. The number of hydrogen-bond donors (Lipinski definition) is 1. The fraction of sp³-hybridized carbons (Fsp3) is 0.333. The van der Waals surface area contributed by atoms with Gasteiger partial charge in [0.2, 0.25) is 0 Å². The number of benzene rings is 3. The van der Waals surface area contributed by atoms with Gasteiger partial charge in [-0.3, -0.25) is 0 Å². The van der Waals surface area contributed by atoms with E-state index in [0.29, 0.717) is 0 Å². The number of hydrogen-bond acceptors (Lipinski definition) is 5. The molecular formula is C39H44N3O2PS. The number of nitrogens with one attached hydrogen (secondary N) is 1. The molecule has 46 heavy (non-hydrogen) atoms. The minimum Gasteiger partial charge on any atom is -0.378 e. The van der Waals surface area contributed by atoms with Crippen LogP contribution in [0.3, 0.4) is 0 Å². The molecule has 2 fully saturated rings. The highest BCUT2D eigenvalue weighted by Gasteiger charge is 2.41. The third kappa shape index (κ3) is 6.68. The Bertz CT molecular complexity index is 1600. The van der Waals surface area contributed by atoms with Gasteiger partial charge in [-0.2, -0.15) is 0 Å². The molecule has 0 radical (unpaired) electrons. The first-order valence-corrected chi connectivity index (χ1v) is 19.5. The van der Waals surface area contributed by atoms with Crippen LogP contribution in [-0.4, -0.2) is 62.4 Å². The molecule has 0 bridgehead atoms. The Morgan fingerprint density at radius 2 is 1.04 bits per heavy atom. The molecule has 0 spiro atoms. The van der Waals surface area contributed by atoms with Crippen molar-refractivity contribution in [3.8, 4) is 0 Å². The Hall–Kier alpha value is -3.41. The zero-order chi connectivity index (χ0) is 31.3. The summed E-state index contributed by atoms with van der Waals surface area (Å²) in [6.07, 6.45) is 6.25. The van der Waals surface area contributed by atoms with E-state index in [1.807, 2.05) is 0 Å². The number of nitrogens with zero attached hydrogens (tertiary/aromatic N) is 2. The molecular weight excluding hydrogens is 605 g/mol. The molecule has 2 aliphatic heterocycles. The van der Waals surface area contributed by atoms with Gasteiger partial charge in [0.25, 0.3) is 0 Å². The molecule has 2 aliphatic carbocycles. The van der Waals surface area contributed by atoms with Crippen LogP contribution in [0.2, 0.25) is 0 Å². The average molecular weight is 650 g/mol. The number of allylic oxidation sites excluding steroid dienone is 4. The summed E-state index contributed by atoms with van der Waals surface area (Å²) < 4.78 is 11.7. The fourth-order valence-electron chi connectivity index (χ4n) is 7.20. The highest BCUT2D eigenvalue weighted by atomic mass is 32.4. The summed E-state index contributed by atoms with van der Waals surface area (Å²) in [6, 6.07) is 30.3. The topological polar surface area (TPSA) is 37.0 Å². The normalized spacial score (nSPS) is 22.2. The number of anilines is 1. The first-order valence-electron chi connectivity index (χ1n) is 16.7. The molecule has 0 unspecified atom stereocenters. The Morgan fingerprint density at radius 3 is 1.48 bits per heavy atom. The van der Waals surface area contributed by atoms with Crippen molar-refractivity contribution in [3.63, 3.8) is 0 Å². The van der Waals surface area contributed by atoms with Gasteiger partial charge in [0.15, 0.2) is 0 Å². The SMILES string of the molecule is Cc1ccc(NP(=S)(C2=C(N3CCOCC3)C(=Cc3ccccc3)CC2)C2=C(N3CCOCC3)C(=Cc3ccccc3)CC2)cc1. The molecule has 7 heteroatoms. The van der Waals surface area contributed by atoms with Gasteiger partial charge in [-0.1, -0.05) is 90.2 Å². The molecule has 5 nitrogen and oxygen atoms in total.